The molecule has 0 aliphatic carbocycles. The zero-order valence-corrected chi connectivity index (χ0v) is 12.6. The molecule has 18 heavy (non-hydrogen) atoms. The monoisotopic (exact) mass is 318 g/mol. The van der Waals surface area contributed by atoms with E-state index in [1.165, 1.54) is 11.8 Å². The van der Waals surface area contributed by atoms with Crippen LogP contribution in [0.1, 0.15) is 30.9 Å². The highest BCUT2D eigenvalue weighted by molar-refractivity contribution is 7.99. The molecule has 0 aliphatic heterocycles. The van der Waals surface area contributed by atoms with Crippen molar-refractivity contribution in [2.45, 2.75) is 24.7 Å². The van der Waals surface area contributed by atoms with Crippen LogP contribution in [0.2, 0.25) is 15.1 Å². The maximum Gasteiger partial charge on any atom is 0.102 e. The maximum atomic E-state index is 9.13. The highest BCUT2D eigenvalue weighted by Gasteiger charge is 2.21. The fraction of sp³-hybridized carbons (Fsp3) is 0.333. The molecule has 0 heterocycles. The SMILES string of the molecule is CCCCSc1c(Cl)c(Cl)c(C#N)c(Cl)c1C#N. The minimum Gasteiger partial charge on any atom is -0.192 e. The molecule has 94 valence electrons. The Bertz CT molecular complexity index is 544. The minimum atomic E-state index is 0.0553. The summed E-state index contributed by atoms with van der Waals surface area (Å²) in [4.78, 5) is 0.557. The molecular formula is C12H9Cl3N2S. The number of unbranched alkanes of at least 4 members (excludes halogenated alkanes) is 1. The molecule has 0 radical (unpaired) electrons. The van der Waals surface area contributed by atoms with E-state index in [1.807, 2.05) is 12.1 Å². The fourth-order valence-electron chi connectivity index (χ4n) is 1.29. The Morgan fingerprint density at radius 1 is 1.00 bits per heavy atom. The predicted molar refractivity (Wildman–Crippen MR) is 76.5 cm³/mol. The van der Waals surface area contributed by atoms with Crippen LogP contribution >= 0.6 is 46.6 Å². The molecule has 0 saturated heterocycles. The first-order valence-electron chi connectivity index (χ1n) is 5.21. The standard InChI is InChI=1S/C12H9Cl3N2S/c1-2-3-4-18-12-8(6-17)9(13)7(5-16)10(14)11(12)15/h2-4H2,1H3. The average Bonchev–Trinajstić information content (AvgIpc) is 2.36. The van der Waals surface area contributed by atoms with Crippen molar-refractivity contribution in [1.82, 2.24) is 0 Å². The smallest absolute Gasteiger partial charge is 0.102 e. The van der Waals surface area contributed by atoms with Gasteiger partial charge in [-0.2, -0.15) is 10.5 Å². The van der Waals surface area contributed by atoms with Crippen LogP contribution in [0.25, 0.3) is 0 Å². The summed E-state index contributed by atoms with van der Waals surface area (Å²) >= 11 is 19.5. The summed E-state index contributed by atoms with van der Waals surface area (Å²) < 4.78 is 0. The number of thioether (sulfide) groups is 1. The lowest BCUT2D eigenvalue weighted by atomic mass is 10.1. The molecule has 0 fully saturated rings. The van der Waals surface area contributed by atoms with Crippen LogP contribution in [0.15, 0.2) is 4.90 Å². The normalized spacial score (nSPS) is 9.89. The van der Waals surface area contributed by atoms with Crippen molar-refractivity contribution >= 4 is 46.6 Å². The second kappa shape index (κ2) is 7.12. The Kier molecular flexibility index (Phi) is 6.12. The van der Waals surface area contributed by atoms with Gasteiger partial charge in [0.2, 0.25) is 0 Å². The lowest BCUT2D eigenvalue weighted by Crippen LogP contribution is -1.93. The zero-order chi connectivity index (χ0) is 13.7. The lowest BCUT2D eigenvalue weighted by Gasteiger charge is -2.11. The quantitative estimate of drug-likeness (QED) is 0.431. The lowest BCUT2D eigenvalue weighted by molar-refractivity contribution is 0.896. The highest BCUT2D eigenvalue weighted by Crippen LogP contribution is 2.42. The summed E-state index contributed by atoms with van der Waals surface area (Å²) in [6, 6.07) is 3.85. The predicted octanol–water partition coefficient (Wildman–Crippen LogP) is 5.28. The van der Waals surface area contributed by atoms with Crippen molar-refractivity contribution in [3.63, 3.8) is 0 Å². The second-order valence-corrected chi connectivity index (χ2v) is 5.69. The molecule has 0 atom stereocenters. The third-order valence-electron chi connectivity index (χ3n) is 2.25. The van der Waals surface area contributed by atoms with Gasteiger partial charge in [0.1, 0.15) is 12.1 Å². The molecule has 0 bridgehead atoms. The second-order valence-electron chi connectivity index (χ2n) is 3.45. The molecular weight excluding hydrogens is 311 g/mol. The minimum absolute atomic E-state index is 0.0553. The van der Waals surface area contributed by atoms with Crippen molar-refractivity contribution in [2.24, 2.45) is 0 Å². The van der Waals surface area contributed by atoms with Gasteiger partial charge in [-0.05, 0) is 12.2 Å². The Morgan fingerprint density at radius 2 is 1.61 bits per heavy atom. The molecule has 1 aromatic rings. The summed E-state index contributed by atoms with van der Waals surface area (Å²) in [6.07, 6.45) is 2.05. The Labute approximate surface area is 125 Å². The van der Waals surface area contributed by atoms with E-state index in [2.05, 4.69) is 6.92 Å². The number of hydrogen-bond acceptors (Lipinski definition) is 3. The summed E-state index contributed by atoms with van der Waals surface area (Å²) in [5.74, 6) is 0.823. The fourth-order valence-corrected chi connectivity index (χ4v) is 3.47. The molecule has 0 saturated carbocycles. The van der Waals surface area contributed by atoms with E-state index in [9.17, 15) is 0 Å². The number of rotatable bonds is 4. The van der Waals surface area contributed by atoms with Crippen LogP contribution in [-0.2, 0) is 0 Å². The molecule has 0 spiro atoms. The first kappa shape index (κ1) is 15.5. The van der Waals surface area contributed by atoms with Gasteiger partial charge in [-0.25, -0.2) is 0 Å². The van der Waals surface area contributed by atoms with Crippen LogP contribution < -0.4 is 0 Å². The topological polar surface area (TPSA) is 47.6 Å². The van der Waals surface area contributed by atoms with Gasteiger partial charge in [-0.15, -0.1) is 11.8 Å². The molecule has 0 amide bonds. The molecule has 0 aliphatic rings. The number of nitriles is 2. The van der Waals surface area contributed by atoms with Crippen LogP contribution in [0.5, 0.6) is 0 Å². The van der Waals surface area contributed by atoms with Crippen molar-refractivity contribution in [1.29, 1.82) is 10.5 Å². The molecule has 2 nitrogen and oxygen atoms in total. The van der Waals surface area contributed by atoms with Gasteiger partial charge in [0, 0.05) is 4.90 Å². The first-order chi connectivity index (χ1) is 8.58. The molecule has 0 unspecified atom stereocenters. The third kappa shape index (κ3) is 3.05. The van der Waals surface area contributed by atoms with Gasteiger partial charge in [0.25, 0.3) is 0 Å². The van der Waals surface area contributed by atoms with Crippen LogP contribution in [-0.4, -0.2) is 5.75 Å². The Morgan fingerprint density at radius 3 is 2.11 bits per heavy atom. The van der Waals surface area contributed by atoms with E-state index in [1.54, 1.807) is 0 Å². The van der Waals surface area contributed by atoms with Crippen molar-refractivity contribution in [3.8, 4) is 12.1 Å². The van der Waals surface area contributed by atoms with Crippen molar-refractivity contribution < 1.29 is 0 Å². The van der Waals surface area contributed by atoms with Gasteiger partial charge in [0.05, 0.1) is 26.2 Å². The summed E-state index contributed by atoms with van der Waals surface area (Å²) in [5.41, 5.74) is 0.281. The maximum absolute atomic E-state index is 9.13. The number of nitrogens with zero attached hydrogens (tertiary/aromatic N) is 2. The number of benzene rings is 1. The van der Waals surface area contributed by atoms with Crippen molar-refractivity contribution in [2.75, 3.05) is 5.75 Å². The summed E-state index contributed by atoms with van der Waals surface area (Å²) in [5, 5.41) is 18.5. The molecule has 0 N–H and O–H groups in total. The van der Waals surface area contributed by atoms with Gasteiger partial charge in [0.15, 0.2) is 0 Å². The first-order valence-corrected chi connectivity index (χ1v) is 7.33. The van der Waals surface area contributed by atoms with Crippen LogP contribution in [0.3, 0.4) is 0 Å². The average molecular weight is 320 g/mol. The number of hydrogen-bond donors (Lipinski definition) is 0. The van der Waals surface area contributed by atoms with E-state index in [-0.39, 0.29) is 26.2 Å². The van der Waals surface area contributed by atoms with Crippen molar-refractivity contribution in [3.05, 3.63) is 26.2 Å². The Balaban J connectivity index is 3.34. The van der Waals surface area contributed by atoms with Crippen LogP contribution in [0.4, 0.5) is 0 Å². The summed E-state index contributed by atoms with van der Waals surface area (Å²) in [7, 11) is 0. The van der Waals surface area contributed by atoms with Gasteiger partial charge in [-0.1, -0.05) is 48.1 Å². The molecule has 0 aromatic heterocycles. The molecule has 1 rings (SSSR count). The van der Waals surface area contributed by atoms with E-state index in [0.717, 1.165) is 18.6 Å². The summed E-state index contributed by atoms with van der Waals surface area (Å²) in [6.45, 7) is 2.08. The van der Waals surface area contributed by atoms with Gasteiger partial charge >= 0.3 is 0 Å². The van der Waals surface area contributed by atoms with E-state index in [0.29, 0.717) is 4.90 Å². The zero-order valence-electron chi connectivity index (χ0n) is 9.56. The third-order valence-corrected chi connectivity index (χ3v) is 4.78. The highest BCUT2D eigenvalue weighted by atomic mass is 35.5. The van der Waals surface area contributed by atoms with Gasteiger partial charge < -0.3 is 0 Å². The largest absolute Gasteiger partial charge is 0.192 e. The van der Waals surface area contributed by atoms with Gasteiger partial charge in [-0.3, -0.25) is 0 Å². The van der Waals surface area contributed by atoms with E-state index < -0.39 is 0 Å². The van der Waals surface area contributed by atoms with E-state index in [4.69, 9.17) is 45.3 Å². The van der Waals surface area contributed by atoms with E-state index >= 15 is 0 Å². The van der Waals surface area contributed by atoms with Crippen LogP contribution in [0, 0.1) is 22.7 Å². The number of halogens is 3. The molecule has 1 aromatic carbocycles. The Hall–Kier alpha value is -0.580. The molecule has 6 heteroatoms.